The van der Waals surface area contributed by atoms with Crippen molar-refractivity contribution in [1.29, 1.82) is 0 Å². The van der Waals surface area contributed by atoms with E-state index < -0.39 is 0 Å². The van der Waals surface area contributed by atoms with Gasteiger partial charge in [0.1, 0.15) is 5.75 Å². The second-order valence-electron chi connectivity index (χ2n) is 2.98. The lowest BCUT2D eigenvalue weighted by Gasteiger charge is -2.00. The van der Waals surface area contributed by atoms with Gasteiger partial charge in [0.25, 0.3) is 5.56 Å². The van der Waals surface area contributed by atoms with Crippen molar-refractivity contribution < 1.29 is 5.11 Å². The van der Waals surface area contributed by atoms with E-state index in [0.717, 1.165) is 5.56 Å². The highest BCUT2D eigenvalue weighted by atomic mass is 79.9. The molecule has 0 aliphatic carbocycles. The number of rotatable bonds is 1. The SMILES string of the molecule is O=c1[nH]nc(-c2ccc(O)cc2)cc1Br. The van der Waals surface area contributed by atoms with Crippen molar-refractivity contribution in [1.82, 2.24) is 10.2 Å². The highest BCUT2D eigenvalue weighted by Gasteiger charge is 2.02. The number of aromatic nitrogens is 2. The Labute approximate surface area is 93.7 Å². The highest BCUT2D eigenvalue weighted by molar-refractivity contribution is 9.10. The molecule has 0 unspecified atom stereocenters. The van der Waals surface area contributed by atoms with Crippen LogP contribution in [0, 0.1) is 0 Å². The lowest BCUT2D eigenvalue weighted by Crippen LogP contribution is -2.08. The zero-order valence-electron chi connectivity index (χ0n) is 7.57. The maximum atomic E-state index is 11.1. The second kappa shape index (κ2) is 3.86. The van der Waals surface area contributed by atoms with Gasteiger partial charge >= 0.3 is 0 Å². The minimum absolute atomic E-state index is 0.197. The third-order valence-electron chi connectivity index (χ3n) is 1.92. The molecule has 2 aromatic rings. The summed E-state index contributed by atoms with van der Waals surface area (Å²) in [6.07, 6.45) is 0. The molecule has 0 bridgehead atoms. The number of hydrogen-bond acceptors (Lipinski definition) is 3. The van der Waals surface area contributed by atoms with Gasteiger partial charge in [-0.05, 0) is 46.3 Å². The number of H-pyrrole nitrogens is 1. The van der Waals surface area contributed by atoms with Crippen molar-refractivity contribution in [2.24, 2.45) is 0 Å². The number of nitrogens with zero attached hydrogens (tertiary/aromatic N) is 1. The molecule has 0 atom stereocenters. The molecule has 0 saturated heterocycles. The van der Waals surface area contributed by atoms with Gasteiger partial charge in [0.05, 0.1) is 10.2 Å². The molecule has 0 fully saturated rings. The fourth-order valence-corrected chi connectivity index (χ4v) is 1.47. The number of phenolic OH excluding ortho intramolecular Hbond substituents is 1. The second-order valence-corrected chi connectivity index (χ2v) is 3.83. The molecule has 5 heteroatoms. The average Bonchev–Trinajstić information content (AvgIpc) is 2.23. The Kier molecular flexibility index (Phi) is 2.55. The van der Waals surface area contributed by atoms with E-state index in [1.807, 2.05) is 0 Å². The average molecular weight is 267 g/mol. The molecule has 1 aromatic carbocycles. The molecule has 0 radical (unpaired) electrons. The first kappa shape index (κ1) is 9.92. The minimum atomic E-state index is -0.266. The van der Waals surface area contributed by atoms with E-state index in [4.69, 9.17) is 5.11 Å². The Balaban J connectivity index is 2.50. The van der Waals surface area contributed by atoms with Gasteiger partial charge in [0.15, 0.2) is 0 Å². The lowest BCUT2D eigenvalue weighted by molar-refractivity contribution is 0.475. The highest BCUT2D eigenvalue weighted by Crippen LogP contribution is 2.20. The van der Waals surface area contributed by atoms with Gasteiger partial charge in [-0.25, -0.2) is 5.10 Å². The zero-order valence-corrected chi connectivity index (χ0v) is 9.15. The van der Waals surface area contributed by atoms with Crippen LogP contribution in [0.2, 0.25) is 0 Å². The zero-order chi connectivity index (χ0) is 10.8. The van der Waals surface area contributed by atoms with Crippen LogP contribution < -0.4 is 5.56 Å². The summed E-state index contributed by atoms with van der Waals surface area (Å²) in [5.41, 5.74) is 1.20. The minimum Gasteiger partial charge on any atom is -0.508 e. The Morgan fingerprint density at radius 3 is 2.53 bits per heavy atom. The van der Waals surface area contributed by atoms with E-state index in [1.165, 1.54) is 0 Å². The molecular weight excluding hydrogens is 260 g/mol. The molecule has 0 aliphatic heterocycles. The van der Waals surface area contributed by atoms with Crippen LogP contribution in [-0.2, 0) is 0 Å². The predicted molar refractivity (Wildman–Crippen MR) is 59.7 cm³/mol. The number of benzene rings is 1. The molecular formula is C10H7BrN2O2. The Morgan fingerprint density at radius 2 is 1.93 bits per heavy atom. The van der Waals surface area contributed by atoms with Crippen molar-refractivity contribution >= 4 is 15.9 Å². The lowest BCUT2D eigenvalue weighted by atomic mass is 10.1. The van der Waals surface area contributed by atoms with Crippen LogP contribution >= 0.6 is 15.9 Å². The summed E-state index contributed by atoms with van der Waals surface area (Å²) in [7, 11) is 0. The van der Waals surface area contributed by atoms with Gasteiger partial charge in [0.2, 0.25) is 0 Å². The first-order valence-corrected chi connectivity index (χ1v) is 5.01. The topological polar surface area (TPSA) is 66.0 Å². The van der Waals surface area contributed by atoms with Gasteiger partial charge in [-0.2, -0.15) is 5.10 Å². The van der Waals surface area contributed by atoms with E-state index in [9.17, 15) is 4.79 Å². The van der Waals surface area contributed by atoms with Crippen LogP contribution in [-0.4, -0.2) is 15.3 Å². The van der Waals surface area contributed by atoms with E-state index in [-0.39, 0.29) is 11.3 Å². The summed E-state index contributed by atoms with van der Waals surface area (Å²) in [6.45, 7) is 0. The van der Waals surface area contributed by atoms with Gasteiger partial charge in [-0.15, -0.1) is 0 Å². The van der Waals surface area contributed by atoms with E-state index >= 15 is 0 Å². The fourth-order valence-electron chi connectivity index (χ4n) is 1.16. The summed E-state index contributed by atoms with van der Waals surface area (Å²) < 4.78 is 0.431. The van der Waals surface area contributed by atoms with E-state index in [0.29, 0.717) is 10.2 Å². The van der Waals surface area contributed by atoms with Gasteiger partial charge < -0.3 is 5.11 Å². The number of hydrogen-bond donors (Lipinski definition) is 2. The molecule has 15 heavy (non-hydrogen) atoms. The number of nitrogens with one attached hydrogen (secondary N) is 1. The van der Waals surface area contributed by atoms with E-state index in [1.54, 1.807) is 30.3 Å². The van der Waals surface area contributed by atoms with Crippen LogP contribution in [0.4, 0.5) is 0 Å². The summed E-state index contributed by atoms with van der Waals surface area (Å²) in [4.78, 5) is 11.1. The number of phenols is 1. The normalized spacial score (nSPS) is 10.2. The van der Waals surface area contributed by atoms with Crippen molar-refractivity contribution in [3.8, 4) is 17.0 Å². The monoisotopic (exact) mass is 266 g/mol. The fraction of sp³-hybridized carbons (Fsp3) is 0. The maximum Gasteiger partial charge on any atom is 0.278 e. The summed E-state index contributed by atoms with van der Waals surface area (Å²) >= 11 is 3.12. The van der Waals surface area contributed by atoms with Gasteiger partial charge in [0, 0.05) is 5.56 Å². The maximum absolute atomic E-state index is 11.1. The molecule has 0 aliphatic rings. The van der Waals surface area contributed by atoms with Crippen molar-refractivity contribution in [2.45, 2.75) is 0 Å². The van der Waals surface area contributed by atoms with Gasteiger partial charge in [-0.3, -0.25) is 4.79 Å². The standard InChI is InChI=1S/C10H7BrN2O2/c11-8-5-9(12-13-10(8)15)6-1-3-7(14)4-2-6/h1-5,14H,(H,13,15). The quantitative estimate of drug-likeness (QED) is 0.829. The Hall–Kier alpha value is -1.62. The molecule has 0 amide bonds. The Bertz CT molecular complexity index is 534. The summed E-state index contributed by atoms with van der Waals surface area (Å²) in [5.74, 6) is 0.197. The predicted octanol–water partition coefficient (Wildman–Crippen LogP) is 1.90. The molecule has 2 rings (SSSR count). The Morgan fingerprint density at radius 1 is 1.27 bits per heavy atom. The smallest absolute Gasteiger partial charge is 0.278 e. The van der Waals surface area contributed by atoms with Crippen LogP contribution in [0.15, 0.2) is 39.6 Å². The largest absolute Gasteiger partial charge is 0.508 e. The van der Waals surface area contributed by atoms with Gasteiger partial charge in [-0.1, -0.05) is 0 Å². The summed E-state index contributed by atoms with van der Waals surface area (Å²) in [6, 6.07) is 8.21. The first-order valence-electron chi connectivity index (χ1n) is 4.21. The van der Waals surface area contributed by atoms with E-state index in [2.05, 4.69) is 26.1 Å². The van der Waals surface area contributed by atoms with Crippen LogP contribution in [0.3, 0.4) is 0 Å². The molecule has 0 saturated carbocycles. The molecule has 0 spiro atoms. The number of aromatic hydroxyl groups is 1. The number of halogens is 1. The van der Waals surface area contributed by atoms with Crippen LogP contribution in [0.25, 0.3) is 11.3 Å². The molecule has 76 valence electrons. The molecule has 1 heterocycles. The van der Waals surface area contributed by atoms with Crippen LogP contribution in [0.1, 0.15) is 0 Å². The van der Waals surface area contributed by atoms with Crippen molar-refractivity contribution in [2.75, 3.05) is 0 Å². The number of aromatic amines is 1. The molecule has 4 nitrogen and oxygen atoms in total. The van der Waals surface area contributed by atoms with Crippen molar-refractivity contribution in [3.05, 3.63) is 45.2 Å². The third-order valence-corrected chi connectivity index (χ3v) is 2.51. The summed E-state index contributed by atoms with van der Waals surface area (Å²) in [5, 5.41) is 15.4. The third kappa shape index (κ3) is 2.07. The van der Waals surface area contributed by atoms with Crippen LogP contribution in [0.5, 0.6) is 5.75 Å². The first-order chi connectivity index (χ1) is 7.16. The molecule has 2 N–H and O–H groups in total. The molecule has 1 aromatic heterocycles. The van der Waals surface area contributed by atoms with Crippen molar-refractivity contribution in [3.63, 3.8) is 0 Å².